The van der Waals surface area contributed by atoms with Crippen molar-refractivity contribution in [1.29, 1.82) is 0 Å². The molecule has 1 aromatic rings. The molecule has 2 unspecified atom stereocenters. The summed E-state index contributed by atoms with van der Waals surface area (Å²) in [5.74, 6) is -0.593. The van der Waals surface area contributed by atoms with Crippen LogP contribution >= 0.6 is 0 Å². The molecule has 2 atom stereocenters. The Balaban J connectivity index is 1.79. The summed E-state index contributed by atoms with van der Waals surface area (Å²) >= 11 is 0. The van der Waals surface area contributed by atoms with Crippen LogP contribution in [-0.4, -0.2) is 35.5 Å². The Hall–Kier alpha value is -1.42. The van der Waals surface area contributed by atoms with E-state index in [-0.39, 0.29) is 17.5 Å². The van der Waals surface area contributed by atoms with E-state index in [0.29, 0.717) is 18.6 Å². The first kappa shape index (κ1) is 13.6. The van der Waals surface area contributed by atoms with Crippen molar-refractivity contribution >= 4 is 5.91 Å². The quantitative estimate of drug-likeness (QED) is 0.920. The number of hydrogen-bond acceptors (Lipinski definition) is 2. The Labute approximate surface area is 119 Å². The van der Waals surface area contributed by atoms with Crippen molar-refractivity contribution in [2.24, 2.45) is 0 Å². The molecule has 2 saturated heterocycles. The minimum atomic E-state index is -0.423. The number of benzene rings is 1. The maximum atomic E-state index is 13.8. The van der Waals surface area contributed by atoms with Gasteiger partial charge in [-0.05, 0) is 44.7 Å². The fourth-order valence-electron chi connectivity index (χ4n) is 3.64. The maximum absolute atomic E-state index is 13.8. The molecule has 2 heterocycles. The Morgan fingerprint density at radius 2 is 1.95 bits per heavy atom. The van der Waals surface area contributed by atoms with E-state index in [0.717, 1.165) is 12.8 Å². The van der Waals surface area contributed by atoms with Gasteiger partial charge in [0.1, 0.15) is 5.82 Å². The van der Waals surface area contributed by atoms with Gasteiger partial charge in [0, 0.05) is 24.7 Å². The normalized spacial score (nSPS) is 28.4. The first-order valence-electron chi connectivity index (χ1n) is 7.50. The number of nitrogens with one attached hydrogen (secondary N) is 1. The highest BCUT2D eigenvalue weighted by molar-refractivity contribution is 5.94. The topological polar surface area (TPSA) is 32.3 Å². The monoisotopic (exact) mass is 276 g/mol. The molecule has 2 fully saturated rings. The van der Waals surface area contributed by atoms with Gasteiger partial charge < -0.3 is 10.2 Å². The molecule has 0 aliphatic carbocycles. The van der Waals surface area contributed by atoms with Gasteiger partial charge in [-0.15, -0.1) is 0 Å². The van der Waals surface area contributed by atoms with Crippen LogP contribution in [0.25, 0.3) is 0 Å². The highest BCUT2D eigenvalue weighted by Crippen LogP contribution is 2.30. The predicted molar refractivity (Wildman–Crippen MR) is 76.1 cm³/mol. The minimum absolute atomic E-state index is 0.170. The van der Waals surface area contributed by atoms with Gasteiger partial charge in [-0.3, -0.25) is 4.79 Å². The third-order valence-corrected chi connectivity index (χ3v) is 4.59. The highest BCUT2D eigenvalue weighted by Gasteiger charge is 2.37. The smallest absolute Gasteiger partial charge is 0.257 e. The van der Waals surface area contributed by atoms with E-state index in [9.17, 15) is 9.18 Å². The zero-order valence-electron chi connectivity index (χ0n) is 11.8. The van der Waals surface area contributed by atoms with Gasteiger partial charge in [0.15, 0.2) is 0 Å². The lowest BCUT2D eigenvalue weighted by atomic mass is 9.97. The molecule has 0 spiro atoms. The van der Waals surface area contributed by atoms with Crippen LogP contribution in [0.4, 0.5) is 4.39 Å². The first-order chi connectivity index (χ1) is 9.69. The number of amides is 1. The van der Waals surface area contributed by atoms with Gasteiger partial charge in [-0.2, -0.15) is 0 Å². The standard InChI is InChI=1S/C16H21FN2O/c1-2-19(13-9-11-7-8-12(10-13)18-11)16(20)14-5-3-4-6-15(14)17/h3-6,11-13,18H,2,7-10H2,1H3. The van der Waals surface area contributed by atoms with Crippen LogP contribution in [0.2, 0.25) is 0 Å². The van der Waals surface area contributed by atoms with Crippen LogP contribution in [0.1, 0.15) is 43.0 Å². The van der Waals surface area contributed by atoms with Crippen molar-refractivity contribution in [3.63, 3.8) is 0 Å². The molecular formula is C16H21FN2O. The summed E-state index contributed by atoms with van der Waals surface area (Å²) in [6.07, 6.45) is 4.38. The van der Waals surface area contributed by atoms with Crippen molar-refractivity contribution in [3.8, 4) is 0 Å². The van der Waals surface area contributed by atoms with E-state index in [1.807, 2.05) is 11.8 Å². The number of hydrogen-bond donors (Lipinski definition) is 1. The molecule has 2 aliphatic rings. The number of nitrogens with zero attached hydrogens (tertiary/aromatic N) is 1. The Bertz CT molecular complexity index is 493. The van der Waals surface area contributed by atoms with Crippen molar-refractivity contribution in [2.45, 2.75) is 50.7 Å². The lowest BCUT2D eigenvalue weighted by Gasteiger charge is -2.37. The van der Waals surface area contributed by atoms with E-state index in [1.54, 1.807) is 18.2 Å². The minimum Gasteiger partial charge on any atom is -0.336 e. The molecule has 0 radical (unpaired) electrons. The van der Waals surface area contributed by atoms with E-state index in [4.69, 9.17) is 0 Å². The largest absolute Gasteiger partial charge is 0.336 e. The summed E-state index contributed by atoms with van der Waals surface area (Å²) < 4.78 is 13.8. The fourth-order valence-corrected chi connectivity index (χ4v) is 3.64. The van der Waals surface area contributed by atoms with Crippen molar-refractivity contribution in [2.75, 3.05) is 6.54 Å². The average Bonchev–Trinajstić information content (AvgIpc) is 2.79. The van der Waals surface area contributed by atoms with Crippen LogP contribution in [-0.2, 0) is 0 Å². The van der Waals surface area contributed by atoms with Crippen LogP contribution in [0.15, 0.2) is 24.3 Å². The van der Waals surface area contributed by atoms with Gasteiger partial charge >= 0.3 is 0 Å². The van der Waals surface area contributed by atoms with Crippen molar-refractivity contribution < 1.29 is 9.18 Å². The molecule has 1 amide bonds. The molecule has 20 heavy (non-hydrogen) atoms. The molecular weight excluding hydrogens is 255 g/mol. The molecule has 4 heteroatoms. The summed E-state index contributed by atoms with van der Waals surface area (Å²) in [7, 11) is 0. The molecule has 1 N–H and O–H groups in total. The second kappa shape index (κ2) is 5.52. The Kier molecular flexibility index (Phi) is 3.74. The van der Waals surface area contributed by atoms with Crippen LogP contribution in [0, 0.1) is 5.82 Å². The summed E-state index contributed by atoms with van der Waals surface area (Å²) in [6, 6.07) is 7.57. The molecule has 2 aliphatic heterocycles. The number of fused-ring (bicyclic) bond motifs is 2. The second-order valence-corrected chi connectivity index (χ2v) is 5.83. The third-order valence-electron chi connectivity index (χ3n) is 4.59. The van der Waals surface area contributed by atoms with Gasteiger partial charge in [-0.25, -0.2) is 4.39 Å². The SMILES string of the molecule is CCN(C(=O)c1ccccc1F)C1CC2CCC(C1)N2. The van der Waals surface area contributed by atoms with E-state index in [2.05, 4.69) is 5.32 Å². The Morgan fingerprint density at radius 3 is 2.55 bits per heavy atom. The van der Waals surface area contributed by atoms with E-state index < -0.39 is 5.82 Å². The molecule has 3 rings (SSSR count). The van der Waals surface area contributed by atoms with Crippen LogP contribution in [0.3, 0.4) is 0 Å². The summed E-state index contributed by atoms with van der Waals surface area (Å²) in [6.45, 7) is 2.61. The maximum Gasteiger partial charge on any atom is 0.257 e. The molecule has 2 bridgehead atoms. The van der Waals surface area contributed by atoms with Crippen LogP contribution < -0.4 is 5.32 Å². The number of halogens is 1. The summed E-state index contributed by atoms with van der Waals surface area (Å²) in [4.78, 5) is 14.4. The zero-order chi connectivity index (χ0) is 14.1. The molecule has 108 valence electrons. The average molecular weight is 276 g/mol. The zero-order valence-corrected chi connectivity index (χ0v) is 11.8. The van der Waals surface area contributed by atoms with Crippen molar-refractivity contribution in [1.82, 2.24) is 10.2 Å². The summed E-state index contributed by atoms with van der Waals surface area (Å²) in [5, 5.41) is 3.58. The van der Waals surface area contributed by atoms with E-state index >= 15 is 0 Å². The van der Waals surface area contributed by atoms with Gasteiger partial charge in [0.25, 0.3) is 5.91 Å². The van der Waals surface area contributed by atoms with Gasteiger partial charge in [-0.1, -0.05) is 12.1 Å². The van der Waals surface area contributed by atoms with Gasteiger partial charge in [0.05, 0.1) is 5.56 Å². The first-order valence-corrected chi connectivity index (χ1v) is 7.50. The Morgan fingerprint density at radius 1 is 1.30 bits per heavy atom. The molecule has 0 aromatic heterocycles. The van der Waals surface area contributed by atoms with Crippen molar-refractivity contribution in [3.05, 3.63) is 35.6 Å². The fraction of sp³-hybridized carbons (Fsp3) is 0.562. The number of rotatable bonds is 3. The number of piperidine rings is 1. The molecule has 3 nitrogen and oxygen atoms in total. The lowest BCUT2D eigenvalue weighted by Crippen LogP contribution is -2.50. The predicted octanol–water partition coefficient (Wildman–Crippen LogP) is 2.57. The molecule has 1 aromatic carbocycles. The second-order valence-electron chi connectivity index (χ2n) is 5.83. The summed E-state index contributed by atoms with van der Waals surface area (Å²) in [5.41, 5.74) is 0.195. The highest BCUT2D eigenvalue weighted by atomic mass is 19.1. The van der Waals surface area contributed by atoms with Gasteiger partial charge in [0.2, 0.25) is 0 Å². The lowest BCUT2D eigenvalue weighted by molar-refractivity contribution is 0.0626. The van der Waals surface area contributed by atoms with Crippen LogP contribution in [0.5, 0.6) is 0 Å². The van der Waals surface area contributed by atoms with E-state index in [1.165, 1.54) is 18.9 Å². The number of carbonyl (C=O) groups excluding carboxylic acids is 1. The number of carbonyl (C=O) groups is 1. The molecule has 0 saturated carbocycles. The third kappa shape index (κ3) is 2.44.